The smallest absolute Gasteiger partial charge is 0.417 e. The minimum absolute atomic E-state index is 0.0282. The Labute approximate surface area is 95.0 Å². The van der Waals surface area contributed by atoms with Crippen LogP contribution in [-0.4, -0.2) is 12.9 Å². The molecule has 0 fully saturated rings. The number of hydrogen-bond acceptors (Lipinski definition) is 2. The molecule has 1 rings (SSSR count). The van der Waals surface area contributed by atoms with Crippen molar-refractivity contribution >= 4 is 17.4 Å². The van der Waals surface area contributed by atoms with Crippen molar-refractivity contribution in [2.24, 2.45) is 0 Å². The molecule has 0 amide bonds. The fraction of sp³-hybridized carbons (Fsp3) is 0.300. The van der Waals surface area contributed by atoms with Gasteiger partial charge in [0.05, 0.1) is 23.3 Å². The zero-order chi connectivity index (χ0) is 12.5. The highest BCUT2D eigenvalue weighted by molar-refractivity contribution is 6.33. The van der Waals surface area contributed by atoms with Crippen molar-refractivity contribution in [2.75, 3.05) is 7.11 Å². The normalized spacial score (nSPS) is 11.4. The van der Waals surface area contributed by atoms with Crippen LogP contribution in [0.4, 0.5) is 13.2 Å². The van der Waals surface area contributed by atoms with E-state index in [1.54, 1.807) is 0 Å². The zero-order valence-electron chi connectivity index (χ0n) is 8.48. The van der Waals surface area contributed by atoms with Crippen molar-refractivity contribution in [1.29, 1.82) is 0 Å². The summed E-state index contributed by atoms with van der Waals surface area (Å²) in [5.74, 6) is -0.656. The number of halogens is 4. The van der Waals surface area contributed by atoms with Gasteiger partial charge in [-0.05, 0) is 19.1 Å². The van der Waals surface area contributed by atoms with E-state index in [0.29, 0.717) is 0 Å². The van der Waals surface area contributed by atoms with Crippen LogP contribution in [0, 0.1) is 0 Å². The van der Waals surface area contributed by atoms with Gasteiger partial charge in [0.25, 0.3) is 0 Å². The first-order valence-corrected chi connectivity index (χ1v) is 4.61. The van der Waals surface area contributed by atoms with Crippen molar-refractivity contribution < 1.29 is 22.7 Å². The number of hydrogen-bond donors (Lipinski definition) is 0. The van der Waals surface area contributed by atoms with Gasteiger partial charge >= 0.3 is 6.18 Å². The Balaban J connectivity index is 3.46. The van der Waals surface area contributed by atoms with Crippen LogP contribution in [0.5, 0.6) is 5.75 Å². The molecule has 0 bridgehead atoms. The molecule has 0 heterocycles. The third kappa shape index (κ3) is 2.29. The molecule has 2 nitrogen and oxygen atoms in total. The van der Waals surface area contributed by atoms with Crippen molar-refractivity contribution in [3.8, 4) is 5.75 Å². The lowest BCUT2D eigenvalue weighted by molar-refractivity contribution is -0.137. The maximum Gasteiger partial charge on any atom is 0.417 e. The zero-order valence-corrected chi connectivity index (χ0v) is 9.24. The summed E-state index contributed by atoms with van der Waals surface area (Å²) in [5, 5.41) is -0.595. The molecule has 0 aliphatic carbocycles. The SMILES string of the molecule is COc1c(C(C)=O)ccc(C(F)(F)F)c1Cl. The molecule has 0 saturated carbocycles. The van der Waals surface area contributed by atoms with Crippen LogP contribution in [0.3, 0.4) is 0 Å². The minimum atomic E-state index is -4.57. The summed E-state index contributed by atoms with van der Waals surface area (Å²) in [4.78, 5) is 11.1. The number of ether oxygens (including phenoxy) is 1. The summed E-state index contributed by atoms with van der Waals surface area (Å²) in [6.07, 6.45) is -4.57. The number of Topliss-reactive ketones (excluding diaryl/α,β-unsaturated/α-hetero) is 1. The summed E-state index contributed by atoms with van der Waals surface area (Å²) in [7, 11) is 1.16. The topological polar surface area (TPSA) is 26.3 Å². The second-order valence-corrected chi connectivity index (χ2v) is 3.44. The average molecular weight is 253 g/mol. The van der Waals surface area contributed by atoms with Gasteiger partial charge in [0.15, 0.2) is 5.78 Å². The van der Waals surface area contributed by atoms with Gasteiger partial charge in [0, 0.05) is 0 Å². The lowest BCUT2D eigenvalue weighted by Crippen LogP contribution is -2.08. The summed E-state index contributed by atoms with van der Waals surface area (Å²) < 4.78 is 42.1. The number of rotatable bonds is 2. The maximum atomic E-state index is 12.5. The molecule has 0 unspecified atom stereocenters. The molecule has 0 saturated heterocycles. The Hall–Kier alpha value is -1.23. The van der Waals surface area contributed by atoms with E-state index in [1.165, 1.54) is 6.92 Å². The van der Waals surface area contributed by atoms with Crippen LogP contribution in [0.2, 0.25) is 5.02 Å². The van der Waals surface area contributed by atoms with Gasteiger partial charge in [-0.15, -0.1) is 0 Å². The van der Waals surface area contributed by atoms with Crippen LogP contribution < -0.4 is 4.74 Å². The molecular formula is C10H8ClF3O2. The standard InChI is InChI=1S/C10H8ClF3O2/c1-5(15)6-3-4-7(10(12,13)14)8(11)9(6)16-2/h3-4H,1-2H3. The van der Waals surface area contributed by atoms with Crippen molar-refractivity contribution in [3.63, 3.8) is 0 Å². The Morgan fingerprint density at radius 3 is 2.31 bits per heavy atom. The molecule has 6 heteroatoms. The van der Waals surface area contributed by atoms with Crippen molar-refractivity contribution in [1.82, 2.24) is 0 Å². The van der Waals surface area contributed by atoms with E-state index >= 15 is 0 Å². The fourth-order valence-electron chi connectivity index (χ4n) is 1.25. The second-order valence-electron chi connectivity index (χ2n) is 3.06. The van der Waals surface area contributed by atoms with E-state index in [-0.39, 0.29) is 11.3 Å². The predicted octanol–water partition coefficient (Wildman–Crippen LogP) is 3.57. The highest BCUT2D eigenvalue weighted by Gasteiger charge is 2.35. The first-order valence-electron chi connectivity index (χ1n) is 4.23. The van der Waals surface area contributed by atoms with Gasteiger partial charge in [-0.3, -0.25) is 4.79 Å². The van der Waals surface area contributed by atoms with Gasteiger partial charge < -0.3 is 4.74 Å². The molecule has 16 heavy (non-hydrogen) atoms. The number of carbonyl (C=O) groups excluding carboxylic acids is 1. The lowest BCUT2D eigenvalue weighted by Gasteiger charge is -2.14. The van der Waals surface area contributed by atoms with E-state index in [0.717, 1.165) is 19.2 Å². The third-order valence-corrected chi connectivity index (χ3v) is 2.36. The molecule has 0 aliphatic heterocycles. The van der Waals surface area contributed by atoms with Gasteiger partial charge in [-0.25, -0.2) is 0 Å². The molecule has 0 aliphatic rings. The summed E-state index contributed by atoms with van der Waals surface area (Å²) in [6, 6.07) is 1.82. The largest absolute Gasteiger partial charge is 0.494 e. The Kier molecular flexibility index (Phi) is 3.48. The molecule has 0 atom stereocenters. The summed E-state index contributed by atoms with van der Waals surface area (Å²) in [5.41, 5.74) is -0.989. The van der Waals surface area contributed by atoms with E-state index in [4.69, 9.17) is 16.3 Å². The van der Waals surface area contributed by atoms with E-state index in [2.05, 4.69) is 0 Å². The molecule has 0 spiro atoms. The molecule has 88 valence electrons. The Bertz CT molecular complexity index is 427. The highest BCUT2D eigenvalue weighted by Crippen LogP contribution is 2.41. The number of carbonyl (C=O) groups is 1. The quantitative estimate of drug-likeness (QED) is 0.752. The van der Waals surface area contributed by atoms with Crippen LogP contribution >= 0.6 is 11.6 Å². The molecule has 1 aromatic rings. The van der Waals surface area contributed by atoms with E-state index in [1.807, 2.05) is 0 Å². The average Bonchev–Trinajstić information content (AvgIpc) is 2.14. The van der Waals surface area contributed by atoms with Gasteiger partial charge in [0.2, 0.25) is 0 Å². The second kappa shape index (κ2) is 4.33. The summed E-state index contributed by atoms with van der Waals surface area (Å²) in [6.45, 7) is 1.22. The van der Waals surface area contributed by atoms with Gasteiger partial charge in [-0.2, -0.15) is 13.2 Å². The van der Waals surface area contributed by atoms with Crippen LogP contribution in [-0.2, 0) is 6.18 Å². The minimum Gasteiger partial charge on any atom is -0.494 e. The lowest BCUT2D eigenvalue weighted by atomic mass is 10.1. The monoisotopic (exact) mass is 252 g/mol. The molecular weight excluding hydrogens is 245 g/mol. The van der Waals surface area contributed by atoms with Crippen LogP contribution in [0.25, 0.3) is 0 Å². The van der Waals surface area contributed by atoms with E-state index in [9.17, 15) is 18.0 Å². The summed E-state index contributed by atoms with van der Waals surface area (Å²) >= 11 is 5.55. The number of methoxy groups -OCH3 is 1. The van der Waals surface area contributed by atoms with Crippen molar-refractivity contribution in [2.45, 2.75) is 13.1 Å². The molecule has 1 aromatic carbocycles. The van der Waals surface area contributed by atoms with Gasteiger partial charge in [-0.1, -0.05) is 11.6 Å². The van der Waals surface area contributed by atoms with Crippen LogP contribution in [0.15, 0.2) is 12.1 Å². The molecule has 0 radical (unpaired) electrons. The third-order valence-electron chi connectivity index (χ3n) is 1.99. The highest BCUT2D eigenvalue weighted by atomic mass is 35.5. The first-order chi connectivity index (χ1) is 7.29. The first kappa shape index (κ1) is 12.8. The number of benzene rings is 1. The van der Waals surface area contributed by atoms with E-state index < -0.39 is 22.5 Å². The Morgan fingerprint density at radius 2 is 1.94 bits per heavy atom. The number of alkyl halides is 3. The number of ketones is 1. The predicted molar refractivity (Wildman–Crippen MR) is 53.0 cm³/mol. The molecule has 0 aromatic heterocycles. The molecule has 0 N–H and O–H groups in total. The fourth-order valence-corrected chi connectivity index (χ4v) is 1.60. The Morgan fingerprint density at radius 1 is 1.38 bits per heavy atom. The maximum absolute atomic E-state index is 12.5. The van der Waals surface area contributed by atoms with Crippen LogP contribution in [0.1, 0.15) is 22.8 Å². The van der Waals surface area contributed by atoms with Gasteiger partial charge in [0.1, 0.15) is 5.75 Å². The van der Waals surface area contributed by atoms with Crippen molar-refractivity contribution in [3.05, 3.63) is 28.3 Å².